The van der Waals surface area contributed by atoms with Crippen LogP contribution in [-0.4, -0.2) is 4.98 Å². The predicted molar refractivity (Wildman–Crippen MR) is 38.4 cm³/mol. The van der Waals surface area contributed by atoms with Gasteiger partial charge < -0.3 is 4.98 Å². The molecule has 1 N–H and O–H groups in total. The molecular weight excluding hydrogens is 110 g/mol. The van der Waals surface area contributed by atoms with Gasteiger partial charge in [-0.1, -0.05) is 24.3 Å². The molecule has 1 heteroatoms. The number of hydrogen-bond donors (Lipinski definition) is 1. The Kier molecular flexibility index (Phi) is 2.44. The Morgan fingerprint density at radius 3 is 1.56 bits per heavy atom. The molecule has 0 aromatic carbocycles. The van der Waals surface area contributed by atoms with Crippen LogP contribution in [0.4, 0.5) is 0 Å². The molecule has 1 aromatic rings. The van der Waals surface area contributed by atoms with E-state index in [4.69, 9.17) is 0 Å². The van der Waals surface area contributed by atoms with Crippen LogP contribution < -0.4 is 0 Å². The first-order chi connectivity index (χ1) is 4.50. The average Bonchev–Trinajstić information content (AvgIpc) is 2.00. The first-order valence-corrected chi connectivity index (χ1v) is 2.91. The molecule has 0 saturated heterocycles. The predicted octanol–water partition coefficient (Wildman–Crippen LogP) is 2.14. The molecule has 0 amide bonds. The van der Waals surface area contributed by atoms with Crippen molar-refractivity contribution in [3.63, 3.8) is 0 Å². The summed E-state index contributed by atoms with van der Waals surface area (Å²) in [6.45, 7) is 0. The summed E-state index contributed by atoms with van der Waals surface area (Å²) in [6.07, 6.45) is 3.75. The number of hydrogen-bond acceptors (Lipinski definition) is 0. The third kappa shape index (κ3) is 2.54. The van der Waals surface area contributed by atoms with Crippen LogP contribution in [0.15, 0.2) is 48.8 Å². The molecule has 0 radical (unpaired) electrons. The van der Waals surface area contributed by atoms with Gasteiger partial charge in [0, 0.05) is 12.4 Å². The van der Waals surface area contributed by atoms with Crippen LogP contribution in [0.25, 0.3) is 0 Å². The Hall–Kier alpha value is -1.24. The highest BCUT2D eigenvalue weighted by molar-refractivity contribution is 4.93. The van der Waals surface area contributed by atoms with Gasteiger partial charge in [-0.3, -0.25) is 0 Å². The summed E-state index contributed by atoms with van der Waals surface area (Å²) in [6, 6.07) is 11.8. The SMILES string of the molecule is c1cccc[nH]ccc1. The normalized spacial score (nSPS) is 8.00. The number of H-pyrrole nitrogens is 1. The first-order valence-electron chi connectivity index (χ1n) is 2.91. The minimum atomic E-state index is 1.88. The average molecular weight is 119 g/mol. The van der Waals surface area contributed by atoms with E-state index >= 15 is 0 Å². The van der Waals surface area contributed by atoms with E-state index in [0.29, 0.717) is 0 Å². The summed E-state index contributed by atoms with van der Waals surface area (Å²) in [5, 5.41) is 0. The fraction of sp³-hybridized carbons (Fsp3) is 0. The molecule has 1 rings (SSSR count). The Bertz CT molecular complexity index is 126. The van der Waals surface area contributed by atoms with Crippen molar-refractivity contribution in [2.75, 3.05) is 0 Å². The molecule has 0 unspecified atom stereocenters. The molecule has 1 nitrogen and oxygen atoms in total. The van der Waals surface area contributed by atoms with Gasteiger partial charge in [0.15, 0.2) is 0 Å². The highest BCUT2D eigenvalue weighted by atomic mass is 14.6. The van der Waals surface area contributed by atoms with Gasteiger partial charge in [-0.15, -0.1) is 0 Å². The monoisotopic (exact) mass is 119 g/mol. The smallest absolute Gasteiger partial charge is 0.000442 e. The minimum absolute atomic E-state index is 1.88. The van der Waals surface area contributed by atoms with Gasteiger partial charge in [-0.25, -0.2) is 0 Å². The van der Waals surface area contributed by atoms with E-state index in [-0.39, 0.29) is 0 Å². The quantitative estimate of drug-likeness (QED) is 0.538. The van der Waals surface area contributed by atoms with Gasteiger partial charge in [-0.05, 0) is 12.1 Å². The van der Waals surface area contributed by atoms with Crippen LogP contribution in [0.3, 0.4) is 0 Å². The van der Waals surface area contributed by atoms with Crippen LogP contribution in [0.1, 0.15) is 0 Å². The van der Waals surface area contributed by atoms with E-state index < -0.39 is 0 Å². The summed E-state index contributed by atoms with van der Waals surface area (Å²) >= 11 is 0. The van der Waals surface area contributed by atoms with E-state index in [2.05, 4.69) is 4.98 Å². The maximum Gasteiger partial charge on any atom is 0.000442 e. The Labute approximate surface area is 54.7 Å². The van der Waals surface area contributed by atoms with Crippen molar-refractivity contribution in [1.29, 1.82) is 0 Å². The lowest BCUT2D eigenvalue weighted by atomic mass is 10.5. The maximum atomic E-state index is 2.96. The van der Waals surface area contributed by atoms with E-state index in [1.807, 2.05) is 48.8 Å². The van der Waals surface area contributed by atoms with Gasteiger partial charge in [0.25, 0.3) is 0 Å². The molecule has 0 atom stereocenters. The van der Waals surface area contributed by atoms with Crippen LogP contribution in [0, 0.1) is 0 Å². The zero-order chi connectivity index (χ0) is 6.36. The molecule has 0 aliphatic rings. The summed E-state index contributed by atoms with van der Waals surface area (Å²) in [4.78, 5) is 2.96. The zero-order valence-corrected chi connectivity index (χ0v) is 5.12. The summed E-state index contributed by atoms with van der Waals surface area (Å²) in [5.41, 5.74) is 0. The Morgan fingerprint density at radius 2 is 1.00 bits per heavy atom. The van der Waals surface area contributed by atoms with Gasteiger partial charge in [0.2, 0.25) is 0 Å². The molecular formula is C8H9N. The molecule has 0 saturated carbocycles. The van der Waals surface area contributed by atoms with Crippen LogP contribution in [0.2, 0.25) is 0 Å². The molecule has 9 heavy (non-hydrogen) atoms. The first kappa shape index (κ1) is 5.89. The molecule has 1 heterocycles. The van der Waals surface area contributed by atoms with Crippen molar-refractivity contribution in [2.24, 2.45) is 0 Å². The summed E-state index contributed by atoms with van der Waals surface area (Å²) < 4.78 is 0. The van der Waals surface area contributed by atoms with Gasteiger partial charge in [0.1, 0.15) is 0 Å². The van der Waals surface area contributed by atoms with E-state index in [0.717, 1.165) is 0 Å². The Balaban J connectivity index is 3.04. The number of aromatic nitrogens is 1. The third-order valence-corrected chi connectivity index (χ3v) is 0.940. The topological polar surface area (TPSA) is 15.8 Å². The van der Waals surface area contributed by atoms with Crippen LogP contribution in [-0.2, 0) is 0 Å². The number of nitrogens with one attached hydrogen (secondary N) is 1. The second-order valence-electron chi connectivity index (χ2n) is 1.65. The molecule has 0 aliphatic carbocycles. The zero-order valence-electron chi connectivity index (χ0n) is 5.12. The standard InChI is InChI=1S/C8H9N/c1-2-4-6-8-9-7-5-3-1/h1-9H. The second-order valence-corrected chi connectivity index (χ2v) is 1.65. The van der Waals surface area contributed by atoms with Crippen LogP contribution in [0.5, 0.6) is 0 Å². The summed E-state index contributed by atoms with van der Waals surface area (Å²) in [5.74, 6) is 0. The van der Waals surface area contributed by atoms with E-state index in [9.17, 15) is 0 Å². The van der Waals surface area contributed by atoms with Crippen molar-refractivity contribution in [3.05, 3.63) is 48.8 Å². The van der Waals surface area contributed by atoms with Crippen molar-refractivity contribution in [2.45, 2.75) is 0 Å². The molecule has 0 spiro atoms. The third-order valence-electron chi connectivity index (χ3n) is 0.940. The Morgan fingerprint density at radius 1 is 0.556 bits per heavy atom. The lowest BCUT2D eigenvalue weighted by Gasteiger charge is -1.65. The largest absolute Gasteiger partial charge is 0.368 e. The molecule has 1 aromatic heterocycles. The number of aromatic amines is 1. The van der Waals surface area contributed by atoms with Crippen molar-refractivity contribution >= 4 is 0 Å². The van der Waals surface area contributed by atoms with Gasteiger partial charge in [-0.2, -0.15) is 0 Å². The second kappa shape index (κ2) is 3.72. The van der Waals surface area contributed by atoms with Crippen molar-refractivity contribution < 1.29 is 0 Å². The fourth-order valence-electron chi connectivity index (χ4n) is 0.534. The molecule has 0 aliphatic heterocycles. The molecule has 0 fully saturated rings. The lowest BCUT2D eigenvalue weighted by Crippen LogP contribution is -1.52. The van der Waals surface area contributed by atoms with Crippen LogP contribution >= 0.6 is 0 Å². The highest BCUT2D eigenvalue weighted by Crippen LogP contribution is 1.76. The lowest BCUT2D eigenvalue weighted by molar-refractivity contribution is 1.36. The maximum absolute atomic E-state index is 2.96. The van der Waals surface area contributed by atoms with Crippen molar-refractivity contribution in [1.82, 2.24) is 4.98 Å². The molecule has 0 bridgehead atoms. The minimum Gasteiger partial charge on any atom is -0.368 e. The van der Waals surface area contributed by atoms with E-state index in [1.165, 1.54) is 0 Å². The fourth-order valence-corrected chi connectivity index (χ4v) is 0.534. The summed E-state index contributed by atoms with van der Waals surface area (Å²) in [7, 11) is 0. The highest BCUT2D eigenvalue weighted by Gasteiger charge is 1.57. The van der Waals surface area contributed by atoms with E-state index in [1.54, 1.807) is 0 Å². The molecule has 46 valence electrons. The van der Waals surface area contributed by atoms with Gasteiger partial charge >= 0.3 is 0 Å². The number of rotatable bonds is 0. The van der Waals surface area contributed by atoms with Gasteiger partial charge in [0.05, 0.1) is 0 Å². The van der Waals surface area contributed by atoms with Crippen molar-refractivity contribution in [3.8, 4) is 0 Å².